The molecule has 0 unspecified atom stereocenters. The van der Waals surface area contributed by atoms with E-state index in [1.54, 1.807) is 0 Å². The second kappa shape index (κ2) is 4.63. The van der Waals surface area contributed by atoms with Crippen LogP contribution >= 0.6 is 15.9 Å². The molecule has 3 rings (SSSR count). The summed E-state index contributed by atoms with van der Waals surface area (Å²) >= 11 is 3.59. The van der Waals surface area contributed by atoms with E-state index < -0.39 is 0 Å². The summed E-state index contributed by atoms with van der Waals surface area (Å²) in [5.74, 6) is 0. The second-order valence-electron chi connectivity index (χ2n) is 5.20. The van der Waals surface area contributed by atoms with Crippen LogP contribution in [0.25, 0.3) is 16.7 Å². The van der Waals surface area contributed by atoms with Gasteiger partial charge in [0.05, 0.1) is 16.7 Å². The lowest BCUT2D eigenvalue weighted by Gasteiger charge is -2.11. The van der Waals surface area contributed by atoms with Crippen LogP contribution in [-0.2, 0) is 0 Å². The molecule has 0 atom stereocenters. The molecule has 3 nitrogen and oxygen atoms in total. The molecule has 0 aliphatic rings. The lowest BCUT2D eigenvalue weighted by molar-refractivity contribution is 1.08. The predicted octanol–water partition coefficient (Wildman–Crippen LogP) is 4.30. The van der Waals surface area contributed by atoms with Gasteiger partial charge in [-0.2, -0.15) is 0 Å². The van der Waals surface area contributed by atoms with Gasteiger partial charge in [0.1, 0.15) is 6.33 Å². The zero-order valence-electron chi connectivity index (χ0n) is 11.7. The van der Waals surface area contributed by atoms with E-state index in [9.17, 15) is 0 Å². The molecule has 2 N–H and O–H groups in total. The van der Waals surface area contributed by atoms with E-state index in [0.29, 0.717) is 0 Å². The molecule has 0 saturated heterocycles. The van der Waals surface area contributed by atoms with Crippen LogP contribution in [0.15, 0.2) is 35.1 Å². The first-order valence-electron chi connectivity index (χ1n) is 6.47. The Hall–Kier alpha value is -1.81. The molecule has 3 aromatic rings. The van der Waals surface area contributed by atoms with Crippen molar-refractivity contribution in [3.63, 3.8) is 0 Å². The zero-order valence-corrected chi connectivity index (χ0v) is 13.3. The molecule has 0 saturated carbocycles. The normalized spacial score (nSPS) is 11.2. The summed E-state index contributed by atoms with van der Waals surface area (Å²) in [6, 6.07) is 8.32. The Labute approximate surface area is 126 Å². The first-order chi connectivity index (χ1) is 9.47. The molecule has 1 heterocycles. The third kappa shape index (κ3) is 2.00. The van der Waals surface area contributed by atoms with Crippen LogP contribution in [0.4, 0.5) is 5.69 Å². The fraction of sp³-hybridized carbons (Fsp3) is 0.188. The van der Waals surface area contributed by atoms with Gasteiger partial charge in [-0.3, -0.25) is 4.57 Å². The van der Waals surface area contributed by atoms with Gasteiger partial charge in [0.15, 0.2) is 0 Å². The zero-order chi connectivity index (χ0) is 14.4. The Balaban J connectivity index is 2.30. The number of imidazole rings is 1. The maximum atomic E-state index is 5.94. The largest absolute Gasteiger partial charge is 0.398 e. The summed E-state index contributed by atoms with van der Waals surface area (Å²) in [5.41, 5.74) is 13.5. The molecule has 102 valence electrons. The summed E-state index contributed by atoms with van der Waals surface area (Å²) in [6.45, 7) is 6.24. The minimum atomic E-state index is 0.789. The minimum absolute atomic E-state index is 0.789. The molecule has 2 aromatic carbocycles. The number of nitrogen functional groups attached to an aromatic ring is 1. The molecule has 20 heavy (non-hydrogen) atoms. The molecule has 1 aromatic heterocycles. The van der Waals surface area contributed by atoms with Crippen LogP contribution in [-0.4, -0.2) is 9.55 Å². The van der Waals surface area contributed by atoms with Crippen molar-refractivity contribution in [1.29, 1.82) is 0 Å². The van der Waals surface area contributed by atoms with Crippen LogP contribution in [0.5, 0.6) is 0 Å². The number of anilines is 1. The van der Waals surface area contributed by atoms with E-state index in [1.807, 2.05) is 19.3 Å². The lowest BCUT2D eigenvalue weighted by Crippen LogP contribution is -1.98. The fourth-order valence-electron chi connectivity index (χ4n) is 2.32. The molecule has 0 amide bonds. The number of fused-ring (bicyclic) bond motifs is 1. The minimum Gasteiger partial charge on any atom is -0.398 e. The van der Waals surface area contributed by atoms with Crippen molar-refractivity contribution in [2.24, 2.45) is 0 Å². The number of aryl methyl sites for hydroxylation is 3. The highest BCUT2D eigenvalue weighted by Crippen LogP contribution is 2.29. The van der Waals surface area contributed by atoms with Crippen molar-refractivity contribution >= 4 is 32.7 Å². The van der Waals surface area contributed by atoms with E-state index in [-0.39, 0.29) is 0 Å². The second-order valence-corrected chi connectivity index (χ2v) is 6.05. The van der Waals surface area contributed by atoms with Crippen molar-refractivity contribution in [2.75, 3.05) is 5.73 Å². The van der Waals surface area contributed by atoms with Gasteiger partial charge in [0.25, 0.3) is 0 Å². The molecule has 0 spiro atoms. The van der Waals surface area contributed by atoms with Gasteiger partial charge in [-0.15, -0.1) is 0 Å². The quantitative estimate of drug-likeness (QED) is 0.676. The van der Waals surface area contributed by atoms with Gasteiger partial charge >= 0.3 is 0 Å². The number of nitrogens with two attached hydrogens (primary N) is 1. The van der Waals surface area contributed by atoms with E-state index in [2.05, 4.69) is 57.5 Å². The Morgan fingerprint density at radius 2 is 1.70 bits per heavy atom. The number of aromatic nitrogens is 2. The molecular formula is C16H16BrN3. The van der Waals surface area contributed by atoms with Gasteiger partial charge in [0.2, 0.25) is 0 Å². The number of nitrogens with zero attached hydrogens (tertiary/aromatic N) is 2. The molecule has 0 aliphatic heterocycles. The number of hydrogen-bond donors (Lipinski definition) is 1. The Kier molecular flexibility index (Phi) is 3.05. The first kappa shape index (κ1) is 13.2. The SMILES string of the molecule is Cc1cc2ncn(-c3cc(C)c(N)cc3Br)c2cc1C. The highest BCUT2D eigenvalue weighted by atomic mass is 79.9. The van der Waals surface area contributed by atoms with Gasteiger partial charge in [-0.05, 0) is 77.7 Å². The van der Waals surface area contributed by atoms with Crippen molar-refractivity contribution in [3.8, 4) is 5.69 Å². The third-order valence-electron chi connectivity index (χ3n) is 3.76. The van der Waals surface area contributed by atoms with Crippen molar-refractivity contribution < 1.29 is 0 Å². The number of halogens is 1. The summed E-state index contributed by atoms with van der Waals surface area (Å²) in [5, 5.41) is 0. The molecule has 0 radical (unpaired) electrons. The maximum absolute atomic E-state index is 5.94. The van der Waals surface area contributed by atoms with Crippen LogP contribution in [0.3, 0.4) is 0 Å². The maximum Gasteiger partial charge on any atom is 0.100 e. The van der Waals surface area contributed by atoms with Crippen molar-refractivity contribution in [1.82, 2.24) is 9.55 Å². The average molecular weight is 330 g/mol. The highest BCUT2D eigenvalue weighted by Gasteiger charge is 2.10. The lowest BCUT2D eigenvalue weighted by atomic mass is 10.1. The number of rotatable bonds is 1. The van der Waals surface area contributed by atoms with E-state index in [1.165, 1.54) is 11.1 Å². The Bertz CT molecular complexity index is 818. The standard InChI is InChI=1S/C16H16BrN3/c1-9-4-14-16(5-10(9)2)20(8-19-14)15-6-11(3)13(18)7-12(15)17/h4-8H,18H2,1-3H3. The van der Waals surface area contributed by atoms with Crippen molar-refractivity contribution in [3.05, 3.63) is 51.8 Å². The topological polar surface area (TPSA) is 43.8 Å². The van der Waals surface area contributed by atoms with Gasteiger partial charge in [0, 0.05) is 10.2 Å². The highest BCUT2D eigenvalue weighted by molar-refractivity contribution is 9.10. The van der Waals surface area contributed by atoms with Crippen LogP contribution in [0.2, 0.25) is 0 Å². The van der Waals surface area contributed by atoms with E-state index in [0.717, 1.165) is 32.4 Å². The molecular weight excluding hydrogens is 314 g/mol. The van der Waals surface area contributed by atoms with Gasteiger partial charge in [-0.1, -0.05) is 0 Å². The molecule has 0 aliphatic carbocycles. The number of hydrogen-bond acceptors (Lipinski definition) is 2. The Morgan fingerprint density at radius 1 is 1.00 bits per heavy atom. The van der Waals surface area contributed by atoms with Gasteiger partial charge < -0.3 is 5.73 Å². The third-order valence-corrected chi connectivity index (χ3v) is 4.39. The van der Waals surface area contributed by atoms with E-state index in [4.69, 9.17) is 5.73 Å². The molecule has 4 heteroatoms. The molecule has 0 bridgehead atoms. The summed E-state index contributed by atoms with van der Waals surface area (Å²) < 4.78 is 3.07. The van der Waals surface area contributed by atoms with Crippen LogP contribution in [0.1, 0.15) is 16.7 Å². The van der Waals surface area contributed by atoms with E-state index >= 15 is 0 Å². The number of benzene rings is 2. The van der Waals surface area contributed by atoms with Crippen LogP contribution in [0, 0.1) is 20.8 Å². The smallest absolute Gasteiger partial charge is 0.100 e. The molecule has 0 fully saturated rings. The monoisotopic (exact) mass is 329 g/mol. The van der Waals surface area contributed by atoms with Crippen molar-refractivity contribution in [2.45, 2.75) is 20.8 Å². The van der Waals surface area contributed by atoms with Gasteiger partial charge in [-0.25, -0.2) is 4.98 Å². The average Bonchev–Trinajstić information content (AvgIpc) is 2.77. The summed E-state index contributed by atoms with van der Waals surface area (Å²) in [6.07, 6.45) is 1.86. The first-order valence-corrected chi connectivity index (χ1v) is 7.27. The predicted molar refractivity (Wildman–Crippen MR) is 87.4 cm³/mol. The summed E-state index contributed by atoms with van der Waals surface area (Å²) in [4.78, 5) is 4.50. The summed E-state index contributed by atoms with van der Waals surface area (Å²) in [7, 11) is 0. The Morgan fingerprint density at radius 3 is 2.45 bits per heavy atom. The fourth-order valence-corrected chi connectivity index (χ4v) is 2.87. The van der Waals surface area contributed by atoms with Crippen LogP contribution < -0.4 is 5.73 Å².